The predicted molar refractivity (Wildman–Crippen MR) is 51.5 cm³/mol. The molecule has 1 aromatic rings. The first-order chi connectivity index (χ1) is 5.11. The normalized spacial score (nSPS) is 13.1. The number of nitrogens with two attached hydrogens (primary N) is 1. The van der Waals surface area contributed by atoms with Crippen LogP contribution in [-0.4, -0.2) is 0 Å². The summed E-state index contributed by atoms with van der Waals surface area (Å²) in [4.78, 5) is 0. The number of rotatable bonds is 1. The molecule has 1 nitrogen and oxygen atoms in total. The SMILES string of the molecule is Cc1ccc(C(C)N)cc1Br. The van der Waals surface area contributed by atoms with E-state index in [1.165, 1.54) is 11.1 Å². The average Bonchev–Trinajstić information content (AvgIpc) is 1.94. The Labute approximate surface area is 75.7 Å². The maximum absolute atomic E-state index is 5.71. The number of aryl methyl sites for hydroxylation is 1. The van der Waals surface area contributed by atoms with Crippen LogP contribution in [0.2, 0.25) is 0 Å². The van der Waals surface area contributed by atoms with E-state index in [0.717, 1.165) is 4.47 Å². The van der Waals surface area contributed by atoms with E-state index in [1.807, 2.05) is 6.92 Å². The average molecular weight is 214 g/mol. The van der Waals surface area contributed by atoms with Gasteiger partial charge >= 0.3 is 0 Å². The Bertz CT molecular complexity index is 256. The van der Waals surface area contributed by atoms with Crippen molar-refractivity contribution >= 4 is 15.9 Å². The van der Waals surface area contributed by atoms with Gasteiger partial charge in [-0.05, 0) is 31.0 Å². The van der Waals surface area contributed by atoms with Crippen LogP contribution >= 0.6 is 15.9 Å². The molecule has 0 heterocycles. The molecule has 0 aliphatic heterocycles. The number of halogens is 1. The van der Waals surface area contributed by atoms with E-state index in [4.69, 9.17) is 5.73 Å². The minimum Gasteiger partial charge on any atom is -0.324 e. The summed E-state index contributed by atoms with van der Waals surface area (Å²) >= 11 is 3.46. The minimum absolute atomic E-state index is 0.117. The first kappa shape index (κ1) is 8.75. The Morgan fingerprint density at radius 2 is 2.09 bits per heavy atom. The third kappa shape index (κ3) is 2.04. The molecule has 2 heteroatoms. The van der Waals surface area contributed by atoms with Crippen molar-refractivity contribution in [3.8, 4) is 0 Å². The third-order valence-electron chi connectivity index (χ3n) is 1.72. The Balaban J connectivity index is 3.05. The van der Waals surface area contributed by atoms with Crippen LogP contribution in [0.25, 0.3) is 0 Å². The molecule has 1 aromatic carbocycles. The second-order valence-electron chi connectivity index (χ2n) is 2.80. The fourth-order valence-electron chi connectivity index (χ4n) is 0.892. The summed E-state index contributed by atoms with van der Waals surface area (Å²) in [6.45, 7) is 4.05. The van der Waals surface area contributed by atoms with E-state index < -0.39 is 0 Å². The van der Waals surface area contributed by atoms with Gasteiger partial charge in [0.05, 0.1) is 0 Å². The summed E-state index contributed by atoms with van der Waals surface area (Å²) in [5, 5.41) is 0. The van der Waals surface area contributed by atoms with E-state index in [-0.39, 0.29) is 6.04 Å². The molecular weight excluding hydrogens is 202 g/mol. The van der Waals surface area contributed by atoms with E-state index in [2.05, 4.69) is 41.1 Å². The lowest BCUT2D eigenvalue weighted by atomic mass is 10.1. The number of hydrogen-bond donors (Lipinski definition) is 1. The van der Waals surface area contributed by atoms with Crippen LogP contribution in [0.15, 0.2) is 22.7 Å². The molecule has 0 saturated carbocycles. The lowest BCUT2D eigenvalue weighted by molar-refractivity contribution is 0.817. The van der Waals surface area contributed by atoms with Crippen LogP contribution in [0.4, 0.5) is 0 Å². The zero-order valence-corrected chi connectivity index (χ0v) is 8.35. The quantitative estimate of drug-likeness (QED) is 0.764. The summed E-state index contributed by atoms with van der Waals surface area (Å²) in [5.74, 6) is 0. The summed E-state index contributed by atoms with van der Waals surface area (Å²) in [6.07, 6.45) is 0. The van der Waals surface area contributed by atoms with Crippen LogP contribution in [0, 0.1) is 6.92 Å². The molecule has 1 atom stereocenters. The molecule has 0 aromatic heterocycles. The third-order valence-corrected chi connectivity index (χ3v) is 2.58. The highest BCUT2D eigenvalue weighted by Crippen LogP contribution is 2.20. The minimum atomic E-state index is 0.117. The van der Waals surface area contributed by atoms with Crippen LogP contribution in [0.3, 0.4) is 0 Å². The van der Waals surface area contributed by atoms with Gasteiger partial charge in [-0.2, -0.15) is 0 Å². The van der Waals surface area contributed by atoms with Crippen molar-refractivity contribution in [1.29, 1.82) is 0 Å². The highest BCUT2D eigenvalue weighted by atomic mass is 79.9. The zero-order valence-electron chi connectivity index (χ0n) is 6.76. The number of hydrogen-bond acceptors (Lipinski definition) is 1. The second kappa shape index (κ2) is 3.37. The fraction of sp³-hybridized carbons (Fsp3) is 0.333. The van der Waals surface area contributed by atoms with Gasteiger partial charge in [-0.25, -0.2) is 0 Å². The van der Waals surface area contributed by atoms with Crippen molar-refractivity contribution < 1.29 is 0 Å². The van der Waals surface area contributed by atoms with Crippen molar-refractivity contribution in [2.45, 2.75) is 19.9 Å². The standard InChI is InChI=1S/C9H12BrN/c1-6-3-4-8(7(2)11)5-9(6)10/h3-5,7H,11H2,1-2H3. The molecule has 0 spiro atoms. The molecule has 0 radical (unpaired) electrons. The van der Waals surface area contributed by atoms with Crippen LogP contribution in [0.1, 0.15) is 24.1 Å². The first-order valence-electron chi connectivity index (χ1n) is 3.63. The predicted octanol–water partition coefficient (Wildman–Crippen LogP) is 2.78. The monoisotopic (exact) mass is 213 g/mol. The summed E-state index contributed by atoms with van der Waals surface area (Å²) in [6, 6.07) is 6.32. The van der Waals surface area contributed by atoms with E-state index in [1.54, 1.807) is 0 Å². The first-order valence-corrected chi connectivity index (χ1v) is 4.42. The van der Waals surface area contributed by atoms with Gasteiger partial charge in [0.15, 0.2) is 0 Å². The Hall–Kier alpha value is -0.340. The topological polar surface area (TPSA) is 26.0 Å². The molecule has 2 N–H and O–H groups in total. The molecule has 0 aliphatic rings. The summed E-state index contributed by atoms with van der Waals surface area (Å²) < 4.78 is 1.13. The largest absolute Gasteiger partial charge is 0.324 e. The highest BCUT2D eigenvalue weighted by molar-refractivity contribution is 9.10. The van der Waals surface area contributed by atoms with Gasteiger partial charge in [0.1, 0.15) is 0 Å². The van der Waals surface area contributed by atoms with Crippen LogP contribution in [-0.2, 0) is 0 Å². The lowest BCUT2D eigenvalue weighted by Crippen LogP contribution is -2.04. The van der Waals surface area contributed by atoms with Gasteiger partial charge in [0.25, 0.3) is 0 Å². The van der Waals surface area contributed by atoms with Gasteiger partial charge in [-0.15, -0.1) is 0 Å². The van der Waals surface area contributed by atoms with Gasteiger partial charge in [-0.1, -0.05) is 28.1 Å². The van der Waals surface area contributed by atoms with Crippen molar-refractivity contribution in [3.63, 3.8) is 0 Å². The zero-order chi connectivity index (χ0) is 8.43. The smallest absolute Gasteiger partial charge is 0.0266 e. The van der Waals surface area contributed by atoms with E-state index in [0.29, 0.717) is 0 Å². The van der Waals surface area contributed by atoms with Gasteiger partial charge in [0.2, 0.25) is 0 Å². The second-order valence-corrected chi connectivity index (χ2v) is 3.65. The molecule has 0 aliphatic carbocycles. The molecule has 1 rings (SSSR count). The Kier molecular flexibility index (Phi) is 2.68. The van der Waals surface area contributed by atoms with Crippen molar-refractivity contribution in [3.05, 3.63) is 33.8 Å². The molecule has 11 heavy (non-hydrogen) atoms. The van der Waals surface area contributed by atoms with Gasteiger partial charge < -0.3 is 5.73 Å². The van der Waals surface area contributed by atoms with Crippen molar-refractivity contribution in [2.24, 2.45) is 5.73 Å². The maximum Gasteiger partial charge on any atom is 0.0266 e. The number of benzene rings is 1. The Morgan fingerprint density at radius 1 is 1.45 bits per heavy atom. The Morgan fingerprint density at radius 3 is 2.55 bits per heavy atom. The van der Waals surface area contributed by atoms with Gasteiger partial charge in [0, 0.05) is 10.5 Å². The molecule has 0 bridgehead atoms. The van der Waals surface area contributed by atoms with Crippen molar-refractivity contribution in [2.75, 3.05) is 0 Å². The van der Waals surface area contributed by atoms with Crippen molar-refractivity contribution in [1.82, 2.24) is 0 Å². The summed E-state index contributed by atoms with van der Waals surface area (Å²) in [5.41, 5.74) is 8.13. The molecule has 60 valence electrons. The highest BCUT2D eigenvalue weighted by Gasteiger charge is 2.00. The molecule has 0 amide bonds. The molecule has 1 unspecified atom stereocenters. The molecule has 0 fully saturated rings. The summed E-state index contributed by atoms with van der Waals surface area (Å²) in [7, 11) is 0. The molecule has 0 saturated heterocycles. The van der Waals surface area contributed by atoms with Crippen LogP contribution < -0.4 is 5.73 Å². The van der Waals surface area contributed by atoms with E-state index in [9.17, 15) is 0 Å². The van der Waals surface area contributed by atoms with Gasteiger partial charge in [-0.3, -0.25) is 0 Å². The molecular formula is C9H12BrN. The maximum atomic E-state index is 5.71. The lowest BCUT2D eigenvalue weighted by Gasteiger charge is -2.06. The fourth-order valence-corrected chi connectivity index (χ4v) is 1.29. The van der Waals surface area contributed by atoms with E-state index >= 15 is 0 Å². The van der Waals surface area contributed by atoms with Crippen LogP contribution in [0.5, 0.6) is 0 Å².